The zero-order chi connectivity index (χ0) is 16.8. The number of nitrogens with zero attached hydrogens (tertiary/aromatic N) is 1. The minimum Gasteiger partial charge on any atom is -0.478 e. The third kappa shape index (κ3) is 4.63. The van der Waals surface area contributed by atoms with Crippen molar-refractivity contribution in [2.75, 3.05) is 12.8 Å². The normalized spacial score (nSPS) is 11.3. The van der Waals surface area contributed by atoms with Crippen molar-refractivity contribution in [2.45, 2.75) is 12.5 Å². The molecule has 0 aliphatic heterocycles. The number of carbonyl (C=O) groups excluding carboxylic acids is 1. The number of rotatable bonds is 5. The Morgan fingerprint density at radius 1 is 1.35 bits per heavy atom. The molecule has 2 aromatic carbocycles. The Labute approximate surface area is 139 Å². The Morgan fingerprint density at radius 2 is 2.13 bits per heavy atom. The predicted molar refractivity (Wildman–Crippen MR) is 87.2 cm³/mol. The number of nitrogen functional groups attached to an aromatic ring is 1. The summed E-state index contributed by atoms with van der Waals surface area (Å²) in [5.41, 5.74) is 7.45. The minimum absolute atomic E-state index is 0.259. The first-order valence-corrected chi connectivity index (χ1v) is 7.19. The second-order valence-corrected chi connectivity index (χ2v) is 5.30. The summed E-state index contributed by atoms with van der Waals surface area (Å²) in [5, 5.41) is 9.36. The number of ether oxygens (including phenoxy) is 2. The molecule has 1 atom stereocenters. The number of anilines is 1. The fraction of sp³-hybridized carbons (Fsp3) is 0.176. The molecule has 0 aliphatic rings. The first kappa shape index (κ1) is 16.7. The average molecular weight is 331 g/mol. The highest BCUT2D eigenvalue weighted by molar-refractivity contribution is 6.31. The number of esters is 1. The lowest BCUT2D eigenvalue weighted by Crippen LogP contribution is -2.31. The molecule has 0 bridgehead atoms. The number of halogens is 1. The number of nitrogens with two attached hydrogens (primary N) is 1. The summed E-state index contributed by atoms with van der Waals surface area (Å²) in [6, 6.07) is 13.7. The van der Waals surface area contributed by atoms with Gasteiger partial charge in [-0.2, -0.15) is 5.26 Å². The summed E-state index contributed by atoms with van der Waals surface area (Å²) >= 11 is 5.93. The molecule has 2 aromatic rings. The Morgan fingerprint density at radius 3 is 2.78 bits per heavy atom. The summed E-state index contributed by atoms with van der Waals surface area (Å²) in [4.78, 5) is 12.0. The lowest BCUT2D eigenvalue weighted by atomic mass is 10.1. The van der Waals surface area contributed by atoms with Gasteiger partial charge in [-0.25, -0.2) is 4.79 Å². The first-order valence-electron chi connectivity index (χ1n) is 6.81. The Balaban J connectivity index is 2.23. The van der Waals surface area contributed by atoms with Gasteiger partial charge < -0.3 is 15.2 Å². The molecule has 0 saturated carbocycles. The van der Waals surface area contributed by atoms with Crippen LogP contribution < -0.4 is 10.5 Å². The van der Waals surface area contributed by atoms with E-state index in [0.29, 0.717) is 22.0 Å². The molecule has 2 N–H and O–H groups in total. The van der Waals surface area contributed by atoms with Crippen LogP contribution in [0.3, 0.4) is 0 Å². The molecular formula is C17H15ClN2O3. The topological polar surface area (TPSA) is 85.3 Å². The van der Waals surface area contributed by atoms with Gasteiger partial charge in [0.2, 0.25) is 0 Å². The summed E-state index contributed by atoms with van der Waals surface area (Å²) in [6.45, 7) is 0. The molecule has 0 aliphatic carbocycles. The van der Waals surface area contributed by atoms with Crippen LogP contribution in [-0.4, -0.2) is 19.2 Å². The number of carbonyl (C=O) groups is 1. The van der Waals surface area contributed by atoms with Crippen LogP contribution >= 0.6 is 11.6 Å². The van der Waals surface area contributed by atoms with E-state index in [9.17, 15) is 4.79 Å². The van der Waals surface area contributed by atoms with Crippen molar-refractivity contribution in [1.82, 2.24) is 0 Å². The first-order chi connectivity index (χ1) is 11.0. The van der Waals surface area contributed by atoms with Gasteiger partial charge in [0, 0.05) is 23.2 Å². The third-order valence-electron chi connectivity index (χ3n) is 3.11. The van der Waals surface area contributed by atoms with Gasteiger partial charge in [-0.05, 0) is 29.8 Å². The van der Waals surface area contributed by atoms with Gasteiger partial charge in [0.1, 0.15) is 5.75 Å². The monoisotopic (exact) mass is 330 g/mol. The second-order valence-electron chi connectivity index (χ2n) is 4.87. The molecule has 0 amide bonds. The molecule has 6 heteroatoms. The van der Waals surface area contributed by atoms with E-state index < -0.39 is 12.1 Å². The molecule has 0 saturated heterocycles. The van der Waals surface area contributed by atoms with Crippen molar-refractivity contribution in [2.24, 2.45) is 0 Å². The summed E-state index contributed by atoms with van der Waals surface area (Å²) in [6.07, 6.45) is -0.610. The van der Waals surface area contributed by atoms with Crippen LogP contribution in [-0.2, 0) is 16.0 Å². The molecule has 0 spiro atoms. The van der Waals surface area contributed by atoms with Crippen molar-refractivity contribution in [3.05, 3.63) is 58.6 Å². The Bertz CT molecular complexity index is 735. The summed E-state index contributed by atoms with van der Waals surface area (Å²) < 4.78 is 10.5. The van der Waals surface area contributed by atoms with Crippen molar-refractivity contribution in [1.29, 1.82) is 5.26 Å². The van der Waals surface area contributed by atoms with Crippen LogP contribution in [0.4, 0.5) is 5.69 Å². The van der Waals surface area contributed by atoms with Crippen LogP contribution in [0.5, 0.6) is 5.75 Å². The van der Waals surface area contributed by atoms with Gasteiger partial charge in [-0.3, -0.25) is 0 Å². The van der Waals surface area contributed by atoms with Crippen LogP contribution in [0.1, 0.15) is 11.1 Å². The molecule has 0 radical (unpaired) electrons. The lowest BCUT2D eigenvalue weighted by Gasteiger charge is -2.17. The van der Waals surface area contributed by atoms with Crippen LogP contribution in [0.15, 0.2) is 42.5 Å². The molecule has 5 nitrogen and oxygen atoms in total. The van der Waals surface area contributed by atoms with Crippen molar-refractivity contribution in [3.63, 3.8) is 0 Å². The number of hydrogen-bond acceptors (Lipinski definition) is 5. The molecule has 0 heterocycles. The Hall–Kier alpha value is -2.71. The SMILES string of the molecule is COC(=O)C(Cc1cccc(C#N)c1)Oc1cc(N)cc(Cl)c1. The van der Waals surface area contributed by atoms with Crippen LogP contribution in [0.25, 0.3) is 0 Å². The van der Waals surface area contributed by atoms with E-state index >= 15 is 0 Å². The maximum Gasteiger partial charge on any atom is 0.347 e. The van der Waals surface area contributed by atoms with Crippen molar-refractivity contribution >= 4 is 23.3 Å². The molecule has 2 rings (SSSR count). The van der Waals surface area contributed by atoms with E-state index in [0.717, 1.165) is 5.56 Å². The van der Waals surface area contributed by atoms with Gasteiger partial charge >= 0.3 is 5.97 Å². The van der Waals surface area contributed by atoms with E-state index in [1.54, 1.807) is 36.4 Å². The third-order valence-corrected chi connectivity index (χ3v) is 3.33. The number of nitriles is 1. The fourth-order valence-electron chi connectivity index (χ4n) is 2.10. The highest BCUT2D eigenvalue weighted by atomic mass is 35.5. The zero-order valence-electron chi connectivity index (χ0n) is 12.5. The molecular weight excluding hydrogens is 316 g/mol. The zero-order valence-corrected chi connectivity index (χ0v) is 13.2. The summed E-state index contributed by atoms with van der Waals surface area (Å²) in [7, 11) is 1.29. The van der Waals surface area contributed by atoms with Gasteiger partial charge in [-0.1, -0.05) is 23.7 Å². The maximum absolute atomic E-state index is 12.0. The van der Waals surface area contributed by atoms with E-state index in [4.69, 9.17) is 32.1 Å². The molecule has 118 valence electrons. The van der Waals surface area contributed by atoms with Gasteiger partial charge in [0.15, 0.2) is 6.10 Å². The largest absolute Gasteiger partial charge is 0.478 e. The molecule has 23 heavy (non-hydrogen) atoms. The molecule has 0 aromatic heterocycles. The molecule has 0 fully saturated rings. The maximum atomic E-state index is 12.0. The van der Waals surface area contributed by atoms with Gasteiger partial charge in [-0.15, -0.1) is 0 Å². The van der Waals surface area contributed by atoms with E-state index in [-0.39, 0.29) is 6.42 Å². The lowest BCUT2D eigenvalue weighted by molar-refractivity contribution is -0.148. The quantitative estimate of drug-likeness (QED) is 0.673. The predicted octanol–water partition coefficient (Wildman–Crippen LogP) is 2.96. The summed E-state index contributed by atoms with van der Waals surface area (Å²) in [5.74, 6) is -0.146. The van der Waals surface area contributed by atoms with Gasteiger partial charge in [0.25, 0.3) is 0 Å². The average Bonchev–Trinajstić information content (AvgIpc) is 2.52. The van der Waals surface area contributed by atoms with E-state index in [1.807, 2.05) is 6.07 Å². The molecule has 1 unspecified atom stereocenters. The van der Waals surface area contributed by atoms with Crippen molar-refractivity contribution < 1.29 is 14.3 Å². The Kier molecular flexibility index (Phi) is 5.45. The van der Waals surface area contributed by atoms with Gasteiger partial charge in [0.05, 0.1) is 18.7 Å². The van der Waals surface area contributed by atoms with Crippen molar-refractivity contribution in [3.8, 4) is 11.8 Å². The highest BCUT2D eigenvalue weighted by Gasteiger charge is 2.22. The number of methoxy groups -OCH3 is 1. The smallest absolute Gasteiger partial charge is 0.347 e. The number of benzene rings is 2. The minimum atomic E-state index is -0.869. The van der Waals surface area contributed by atoms with Crippen LogP contribution in [0.2, 0.25) is 5.02 Å². The standard InChI is InChI=1S/C17H15ClN2O3/c1-22-17(21)16(6-11-3-2-4-12(5-11)10-19)23-15-8-13(18)7-14(20)9-15/h2-5,7-9,16H,6,20H2,1H3. The van der Waals surface area contributed by atoms with E-state index in [1.165, 1.54) is 7.11 Å². The second kappa shape index (κ2) is 7.52. The fourth-order valence-corrected chi connectivity index (χ4v) is 2.34. The highest BCUT2D eigenvalue weighted by Crippen LogP contribution is 2.24. The number of hydrogen-bond donors (Lipinski definition) is 1. The van der Waals surface area contributed by atoms with E-state index in [2.05, 4.69) is 6.07 Å². The van der Waals surface area contributed by atoms with Crippen LogP contribution in [0, 0.1) is 11.3 Å².